The first kappa shape index (κ1) is 15.2. The zero-order valence-corrected chi connectivity index (χ0v) is 10.2. The van der Waals surface area contributed by atoms with E-state index in [1.54, 1.807) is 6.92 Å². The third kappa shape index (κ3) is 7.15. The largest absolute Gasteiger partial charge is 0.480 e. The molecule has 3 amide bonds. The zero-order valence-electron chi connectivity index (χ0n) is 10.2. The van der Waals surface area contributed by atoms with Gasteiger partial charge in [0.05, 0.1) is 0 Å². The molecule has 7 nitrogen and oxygen atoms in total. The Hall–Kier alpha value is -1.79. The number of nitrogens with zero attached hydrogens (tertiary/aromatic N) is 1. The predicted octanol–water partition coefficient (Wildman–Crippen LogP) is -0.371. The summed E-state index contributed by atoms with van der Waals surface area (Å²) >= 11 is 0. The summed E-state index contributed by atoms with van der Waals surface area (Å²) in [5.74, 6) is -1.21. The predicted molar refractivity (Wildman–Crippen MR) is 61.6 cm³/mol. The van der Waals surface area contributed by atoms with E-state index in [2.05, 4.69) is 10.6 Å². The Labute approximate surface area is 100 Å². The number of carboxylic acids is 1. The molecular weight excluding hydrogens is 226 g/mol. The van der Waals surface area contributed by atoms with Gasteiger partial charge in [-0.25, -0.2) is 4.79 Å². The van der Waals surface area contributed by atoms with Crippen molar-refractivity contribution in [3.05, 3.63) is 0 Å². The molecule has 0 rings (SSSR count). The minimum Gasteiger partial charge on any atom is -0.480 e. The van der Waals surface area contributed by atoms with Gasteiger partial charge in [0.15, 0.2) is 0 Å². The Morgan fingerprint density at radius 3 is 2.29 bits per heavy atom. The maximum atomic E-state index is 11.5. The molecule has 3 N–H and O–H groups in total. The first-order valence-electron chi connectivity index (χ1n) is 5.52. The Kier molecular flexibility index (Phi) is 7.49. The number of carbonyl (C=O) groups is 3. The van der Waals surface area contributed by atoms with Crippen LogP contribution in [-0.4, -0.2) is 54.1 Å². The molecule has 0 aliphatic heterocycles. The molecule has 0 spiro atoms. The van der Waals surface area contributed by atoms with Crippen LogP contribution in [-0.2, 0) is 9.59 Å². The van der Waals surface area contributed by atoms with Crippen molar-refractivity contribution in [3.8, 4) is 0 Å². The summed E-state index contributed by atoms with van der Waals surface area (Å²) in [7, 11) is 0. The maximum absolute atomic E-state index is 11.5. The second-order valence-electron chi connectivity index (χ2n) is 3.34. The number of carboxylic acid groups (broad SMARTS) is 1. The van der Waals surface area contributed by atoms with Crippen LogP contribution in [0.1, 0.15) is 20.3 Å². The topological polar surface area (TPSA) is 98.7 Å². The highest BCUT2D eigenvalue weighted by molar-refractivity contribution is 5.81. The van der Waals surface area contributed by atoms with E-state index in [1.165, 1.54) is 0 Å². The van der Waals surface area contributed by atoms with Gasteiger partial charge >= 0.3 is 12.0 Å². The number of aliphatic carboxylic acids is 1. The van der Waals surface area contributed by atoms with Crippen molar-refractivity contribution in [2.45, 2.75) is 20.3 Å². The van der Waals surface area contributed by atoms with E-state index < -0.39 is 12.0 Å². The Bertz CT molecular complexity index is 281. The van der Waals surface area contributed by atoms with E-state index in [0.717, 1.165) is 4.90 Å². The highest BCUT2D eigenvalue weighted by atomic mass is 16.4. The van der Waals surface area contributed by atoms with E-state index in [-0.39, 0.29) is 25.4 Å². The Balaban J connectivity index is 3.90. The summed E-state index contributed by atoms with van der Waals surface area (Å²) in [6.07, 6.45) is 0.185. The van der Waals surface area contributed by atoms with E-state index in [9.17, 15) is 14.4 Å². The molecule has 0 saturated heterocycles. The molecule has 0 unspecified atom stereocenters. The minimum atomic E-state index is -1.06. The molecule has 17 heavy (non-hydrogen) atoms. The van der Waals surface area contributed by atoms with Gasteiger partial charge in [-0.05, 0) is 13.8 Å². The summed E-state index contributed by atoms with van der Waals surface area (Å²) in [5.41, 5.74) is 0. The monoisotopic (exact) mass is 245 g/mol. The highest BCUT2D eigenvalue weighted by Gasteiger charge is 2.14. The van der Waals surface area contributed by atoms with Gasteiger partial charge in [0, 0.05) is 26.1 Å². The van der Waals surface area contributed by atoms with Crippen molar-refractivity contribution < 1.29 is 19.5 Å². The van der Waals surface area contributed by atoms with Crippen LogP contribution in [0.5, 0.6) is 0 Å². The molecule has 0 aromatic heterocycles. The molecule has 0 aromatic rings. The number of rotatable bonds is 7. The molecule has 0 saturated carbocycles. The fourth-order valence-electron chi connectivity index (χ4n) is 1.17. The van der Waals surface area contributed by atoms with Gasteiger partial charge in [0.1, 0.15) is 6.54 Å². The molecule has 7 heteroatoms. The van der Waals surface area contributed by atoms with Crippen LogP contribution in [0.2, 0.25) is 0 Å². The molecule has 0 fully saturated rings. The third-order valence-electron chi connectivity index (χ3n) is 2.00. The summed E-state index contributed by atoms with van der Waals surface area (Å²) in [4.78, 5) is 34.1. The second kappa shape index (κ2) is 8.37. The van der Waals surface area contributed by atoms with Crippen molar-refractivity contribution in [1.82, 2.24) is 15.5 Å². The molecule has 0 aliphatic carbocycles. The molecule has 98 valence electrons. The van der Waals surface area contributed by atoms with Gasteiger partial charge in [-0.2, -0.15) is 0 Å². The van der Waals surface area contributed by atoms with Crippen LogP contribution in [0.4, 0.5) is 4.79 Å². The molecule has 0 aromatic carbocycles. The Morgan fingerprint density at radius 2 is 1.82 bits per heavy atom. The number of urea groups is 1. The lowest BCUT2D eigenvalue weighted by molar-refractivity contribution is -0.137. The first-order valence-corrected chi connectivity index (χ1v) is 5.52. The van der Waals surface area contributed by atoms with Crippen molar-refractivity contribution in [3.63, 3.8) is 0 Å². The van der Waals surface area contributed by atoms with Crippen LogP contribution in [0.3, 0.4) is 0 Å². The summed E-state index contributed by atoms with van der Waals surface area (Å²) in [5, 5.41) is 13.6. The number of hydrogen-bond donors (Lipinski definition) is 3. The van der Waals surface area contributed by atoms with E-state index in [1.807, 2.05) is 6.92 Å². The van der Waals surface area contributed by atoms with Crippen LogP contribution in [0.25, 0.3) is 0 Å². The quantitative estimate of drug-likeness (QED) is 0.570. The SMILES string of the molecule is CCNC(=O)CCNC(=O)N(CC)CC(=O)O. The van der Waals surface area contributed by atoms with Crippen LogP contribution in [0, 0.1) is 0 Å². The van der Waals surface area contributed by atoms with Crippen molar-refractivity contribution in [2.75, 3.05) is 26.2 Å². The standard InChI is InChI=1S/C10H19N3O4/c1-3-11-8(14)5-6-12-10(17)13(4-2)7-9(15)16/h3-7H2,1-2H3,(H,11,14)(H,12,17)(H,15,16). The lowest BCUT2D eigenvalue weighted by atomic mass is 10.4. The van der Waals surface area contributed by atoms with Gasteiger partial charge in [-0.15, -0.1) is 0 Å². The number of amides is 3. The van der Waals surface area contributed by atoms with E-state index >= 15 is 0 Å². The van der Waals surface area contributed by atoms with Crippen molar-refractivity contribution in [1.29, 1.82) is 0 Å². The smallest absolute Gasteiger partial charge is 0.323 e. The number of likely N-dealkylation sites (N-methyl/N-ethyl adjacent to an activating group) is 1. The van der Waals surface area contributed by atoms with Gasteiger partial charge < -0.3 is 20.6 Å². The van der Waals surface area contributed by atoms with Crippen LogP contribution >= 0.6 is 0 Å². The molecule has 0 atom stereocenters. The lowest BCUT2D eigenvalue weighted by Gasteiger charge is -2.18. The zero-order chi connectivity index (χ0) is 13.3. The fraction of sp³-hybridized carbons (Fsp3) is 0.700. The van der Waals surface area contributed by atoms with Gasteiger partial charge in [-0.1, -0.05) is 0 Å². The lowest BCUT2D eigenvalue weighted by Crippen LogP contribution is -2.43. The first-order chi connectivity index (χ1) is 8.01. The van der Waals surface area contributed by atoms with Crippen LogP contribution in [0.15, 0.2) is 0 Å². The summed E-state index contributed by atoms with van der Waals surface area (Å²) < 4.78 is 0. The Morgan fingerprint density at radius 1 is 1.18 bits per heavy atom. The molecule has 0 heterocycles. The third-order valence-corrected chi connectivity index (χ3v) is 2.00. The average molecular weight is 245 g/mol. The normalized spacial score (nSPS) is 9.53. The molecule has 0 aliphatic rings. The van der Waals surface area contributed by atoms with Gasteiger partial charge in [0.25, 0.3) is 0 Å². The number of nitrogens with one attached hydrogen (secondary N) is 2. The van der Waals surface area contributed by atoms with Gasteiger partial charge in [-0.3, -0.25) is 9.59 Å². The summed E-state index contributed by atoms with van der Waals surface area (Å²) in [6.45, 7) is 4.20. The van der Waals surface area contributed by atoms with E-state index in [4.69, 9.17) is 5.11 Å². The average Bonchev–Trinajstić information content (AvgIpc) is 2.25. The minimum absolute atomic E-state index is 0.144. The van der Waals surface area contributed by atoms with Crippen molar-refractivity contribution in [2.24, 2.45) is 0 Å². The number of carbonyl (C=O) groups excluding carboxylic acids is 2. The molecular formula is C10H19N3O4. The summed E-state index contributed by atoms with van der Waals surface area (Å²) in [6, 6.07) is -0.473. The highest BCUT2D eigenvalue weighted by Crippen LogP contribution is 1.89. The number of hydrogen-bond acceptors (Lipinski definition) is 3. The second-order valence-corrected chi connectivity index (χ2v) is 3.34. The fourth-order valence-corrected chi connectivity index (χ4v) is 1.17. The van der Waals surface area contributed by atoms with E-state index in [0.29, 0.717) is 13.1 Å². The molecule has 0 bridgehead atoms. The van der Waals surface area contributed by atoms with Gasteiger partial charge in [0.2, 0.25) is 5.91 Å². The maximum Gasteiger partial charge on any atom is 0.323 e. The van der Waals surface area contributed by atoms with Crippen LogP contribution < -0.4 is 10.6 Å². The molecule has 0 radical (unpaired) electrons. The van der Waals surface area contributed by atoms with Crippen molar-refractivity contribution >= 4 is 17.9 Å².